The van der Waals surface area contributed by atoms with Crippen LogP contribution in [0.1, 0.15) is 11.5 Å². The van der Waals surface area contributed by atoms with Crippen molar-refractivity contribution in [2.24, 2.45) is 0 Å². The van der Waals surface area contributed by atoms with Gasteiger partial charge in [0.2, 0.25) is 10.0 Å². The summed E-state index contributed by atoms with van der Waals surface area (Å²) in [6, 6.07) is 6.28. The van der Waals surface area contributed by atoms with E-state index in [1.165, 1.54) is 12.1 Å². The van der Waals surface area contributed by atoms with Gasteiger partial charge in [0.15, 0.2) is 0 Å². The van der Waals surface area contributed by atoms with Crippen LogP contribution in [0.15, 0.2) is 35.2 Å². The first-order chi connectivity index (χ1) is 13.6. The van der Waals surface area contributed by atoms with E-state index in [2.05, 4.69) is 19.4 Å². The second-order valence-corrected chi connectivity index (χ2v) is 7.94. The highest BCUT2D eigenvalue weighted by molar-refractivity contribution is 7.89. The van der Waals surface area contributed by atoms with E-state index in [-0.39, 0.29) is 12.4 Å². The highest BCUT2D eigenvalue weighted by atomic mass is 32.2. The third kappa shape index (κ3) is 5.78. The van der Waals surface area contributed by atoms with E-state index in [9.17, 15) is 21.6 Å². The van der Waals surface area contributed by atoms with Crippen LogP contribution in [0.25, 0.3) is 0 Å². The maximum atomic E-state index is 12.6. The van der Waals surface area contributed by atoms with Gasteiger partial charge in [0.1, 0.15) is 22.3 Å². The van der Waals surface area contributed by atoms with Crippen molar-refractivity contribution in [3.05, 3.63) is 41.9 Å². The van der Waals surface area contributed by atoms with Gasteiger partial charge in [-0.05, 0) is 19.1 Å². The van der Waals surface area contributed by atoms with Crippen molar-refractivity contribution in [1.29, 1.82) is 0 Å². The lowest BCUT2D eigenvalue weighted by Crippen LogP contribution is -2.37. The summed E-state index contributed by atoms with van der Waals surface area (Å²) in [5.74, 6) is 0.0201. The smallest absolute Gasteiger partial charge is 0.404 e. The van der Waals surface area contributed by atoms with Gasteiger partial charge in [-0.15, -0.1) is 13.2 Å². The summed E-state index contributed by atoms with van der Waals surface area (Å²) in [6.45, 7) is 3.85. The number of hydrogen-bond acceptors (Lipinski definition) is 7. The van der Waals surface area contributed by atoms with Crippen LogP contribution in [0, 0.1) is 6.92 Å². The summed E-state index contributed by atoms with van der Waals surface area (Å²) in [7, 11) is -4.30. The number of hydrogen-bond donors (Lipinski definition) is 1. The second-order valence-electron chi connectivity index (χ2n) is 6.20. The number of anilines is 1. The van der Waals surface area contributed by atoms with E-state index in [1.807, 2.05) is 4.90 Å². The summed E-state index contributed by atoms with van der Waals surface area (Å²) < 4.78 is 74.1. The Kier molecular flexibility index (Phi) is 6.24. The molecule has 8 nitrogen and oxygen atoms in total. The largest absolute Gasteiger partial charge is 0.573 e. The fourth-order valence-corrected chi connectivity index (χ4v) is 3.87. The zero-order valence-corrected chi connectivity index (χ0v) is 16.3. The Hall–Kier alpha value is -2.44. The van der Waals surface area contributed by atoms with E-state index < -0.39 is 27.0 Å². The maximum Gasteiger partial charge on any atom is 0.573 e. The Labute approximate surface area is 165 Å². The molecule has 0 bridgehead atoms. The topological polar surface area (TPSA) is 93.7 Å². The van der Waals surface area contributed by atoms with Gasteiger partial charge < -0.3 is 14.4 Å². The minimum Gasteiger partial charge on any atom is -0.404 e. The van der Waals surface area contributed by atoms with Crippen LogP contribution in [0.4, 0.5) is 19.0 Å². The molecule has 0 amide bonds. The van der Waals surface area contributed by atoms with Gasteiger partial charge in [0, 0.05) is 24.8 Å². The van der Waals surface area contributed by atoms with Gasteiger partial charge in [0.25, 0.3) is 0 Å². The number of nitrogens with one attached hydrogen (secondary N) is 1. The normalized spacial score (nSPS) is 15.4. The summed E-state index contributed by atoms with van der Waals surface area (Å²) in [4.78, 5) is 9.92. The SMILES string of the molecule is Cc1cc(N2CCOCC2)nc(CNS(=O)(=O)c2ccccc2OC(F)(F)F)n1. The molecule has 2 aromatic rings. The lowest BCUT2D eigenvalue weighted by Gasteiger charge is -2.28. The van der Waals surface area contributed by atoms with E-state index in [0.29, 0.717) is 37.8 Å². The molecule has 1 aromatic heterocycles. The molecule has 1 saturated heterocycles. The number of benzene rings is 1. The van der Waals surface area contributed by atoms with Gasteiger partial charge in [0.05, 0.1) is 19.8 Å². The molecule has 3 rings (SSSR count). The Bertz CT molecular complexity index is 963. The molecular formula is C17H19F3N4O4S. The second kappa shape index (κ2) is 8.51. The highest BCUT2D eigenvalue weighted by Crippen LogP contribution is 2.29. The van der Waals surface area contributed by atoms with Crippen molar-refractivity contribution in [3.8, 4) is 5.75 Å². The number of morpholine rings is 1. The molecule has 0 aliphatic carbocycles. The van der Waals surface area contributed by atoms with E-state index in [0.717, 1.165) is 12.1 Å². The maximum absolute atomic E-state index is 12.6. The molecule has 12 heteroatoms. The van der Waals surface area contributed by atoms with Crippen LogP contribution >= 0.6 is 0 Å². The van der Waals surface area contributed by atoms with Gasteiger partial charge in [-0.25, -0.2) is 23.1 Å². The summed E-state index contributed by atoms with van der Waals surface area (Å²) in [5, 5.41) is 0. The monoisotopic (exact) mass is 432 g/mol. The molecule has 1 aliphatic rings. The number of sulfonamides is 1. The minimum atomic E-state index is -5.02. The third-order valence-corrected chi connectivity index (χ3v) is 5.45. The van der Waals surface area contributed by atoms with Crippen molar-refractivity contribution in [2.75, 3.05) is 31.2 Å². The van der Waals surface area contributed by atoms with Crippen LogP contribution < -0.4 is 14.4 Å². The molecule has 0 unspecified atom stereocenters. The predicted octanol–water partition coefficient (Wildman–Crippen LogP) is 2.00. The molecule has 1 aromatic carbocycles. The van der Waals surface area contributed by atoms with E-state index >= 15 is 0 Å². The van der Waals surface area contributed by atoms with Crippen molar-refractivity contribution in [2.45, 2.75) is 24.7 Å². The van der Waals surface area contributed by atoms with Crippen molar-refractivity contribution >= 4 is 15.8 Å². The molecule has 29 heavy (non-hydrogen) atoms. The van der Waals surface area contributed by atoms with Crippen LogP contribution in [-0.2, 0) is 21.3 Å². The zero-order chi connectivity index (χ0) is 21.1. The van der Waals surface area contributed by atoms with Gasteiger partial charge in [-0.2, -0.15) is 0 Å². The zero-order valence-electron chi connectivity index (χ0n) is 15.4. The number of halogens is 3. The molecule has 0 radical (unpaired) electrons. The number of aryl methyl sites for hydroxylation is 1. The van der Waals surface area contributed by atoms with Crippen molar-refractivity contribution in [1.82, 2.24) is 14.7 Å². The standard InChI is InChI=1S/C17H19F3N4O4S/c1-12-10-16(24-6-8-27-9-7-24)23-15(22-12)11-21-29(25,26)14-5-3-2-4-13(14)28-17(18,19)20/h2-5,10,21H,6-9,11H2,1H3. The number of ether oxygens (including phenoxy) is 2. The molecule has 2 heterocycles. The lowest BCUT2D eigenvalue weighted by atomic mass is 10.3. The summed E-state index contributed by atoms with van der Waals surface area (Å²) in [5.41, 5.74) is 0.636. The predicted molar refractivity (Wildman–Crippen MR) is 97.0 cm³/mol. The number of nitrogens with zero attached hydrogens (tertiary/aromatic N) is 3. The van der Waals surface area contributed by atoms with Crippen LogP contribution in [0.3, 0.4) is 0 Å². The first-order valence-electron chi connectivity index (χ1n) is 8.66. The molecule has 1 N–H and O–H groups in total. The van der Waals surface area contributed by atoms with Crippen molar-refractivity contribution < 1.29 is 31.1 Å². The number of rotatable bonds is 6. The third-order valence-electron chi connectivity index (χ3n) is 4.01. The molecular weight excluding hydrogens is 413 g/mol. The molecule has 1 aliphatic heterocycles. The van der Waals surface area contributed by atoms with Gasteiger partial charge in [-0.3, -0.25) is 0 Å². The summed E-state index contributed by atoms with van der Waals surface area (Å²) >= 11 is 0. The Morgan fingerprint density at radius 3 is 2.59 bits per heavy atom. The molecule has 0 saturated carbocycles. The van der Waals surface area contributed by atoms with Crippen LogP contribution in [0.2, 0.25) is 0 Å². The molecule has 158 valence electrons. The fourth-order valence-electron chi connectivity index (χ4n) is 2.76. The molecule has 0 spiro atoms. The average molecular weight is 432 g/mol. The number of alkyl halides is 3. The Morgan fingerprint density at radius 2 is 1.90 bits per heavy atom. The van der Waals surface area contributed by atoms with Crippen LogP contribution in [-0.4, -0.2) is 51.1 Å². The highest BCUT2D eigenvalue weighted by Gasteiger charge is 2.34. The number of para-hydroxylation sites is 1. The van der Waals surface area contributed by atoms with Gasteiger partial charge >= 0.3 is 6.36 Å². The minimum absolute atomic E-state index is 0.198. The quantitative estimate of drug-likeness (QED) is 0.746. The van der Waals surface area contributed by atoms with E-state index in [1.54, 1.807) is 13.0 Å². The average Bonchev–Trinajstić information content (AvgIpc) is 2.66. The van der Waals surface area contributed by atoms with Crippen molar-refractivity contribution in [3.63, 3.8) is 0 Å². The lowest BCUT2D eigenvalue weighted by molar-refractivity contribution is -0.275. The number of aromatic nitrogens is 2. The Morgan fingerprint density at radius 1 is 1.21 bits per heavy atom. The molecule has 1 fully saturated rings. The van der Waals surface area contributed by atoms with Crippen LogP contribution in [0.5, 0.6) is 5.75 Å². The fraction of sp³-hybridized carbons (Fsp3) is 0.412. The summed E-state index contributed by atoms with van der Waals surface area (Å²) in [6.07, 6.45) is -5.02. The Balaban J connectivity index is 1.78. The first-order valence-corrected chi connectivity index (χ1v) is 10.1. The van der Waals surface area contributed by atoms with Gasteiger partial charge in [-0.1, -0.05) is 12.1 Å². The first kappa shape index (κ1) is 21.3. The molecule has 0 atom stereocenters. The van der Waals surface area contributed by atoms with E-state index in [4.69, 9.17) is 4.74 Å².